The molecule has 0 bridgehead atoms. The van der Waals surface area contributed by atoms with Gasteiger partial charge in [0.1, 0.15) is 0 Å². The molecule has 15 heavy (non-hydrogen) atoms. The predicted molar refractivity (Wildman–Crippen MR) is 62.3 cm³/mol. The van der Waals surface area contributed by atoms with Crippen LogP contribution in [0.5, 0.6) is 0 Å². The van der Waals surface area contributed by atoms with E-state index in [0.717, 1.165) is 16.7 Å². The average Bonchev–Trinajstić information content (AvgIpc) is 2.30. The first-order valence-corrected chi connectivity index (χ1v) is 4.92. The van der Waals surface area contributed by atoms with Crippen LogP contribution in [0.1, 0.15) is 11.1 Å². The maximum Gasteiger partial charge on any atom is 0.0681 e. The van der Waals surface area contributed by atoms with Crippen LogP contribution in [-0.2, 0) is 6.61 Å². The largest absolute Gasteiger partial charge is 0.392 e. The average molecular weight is 197 g/mol. The van der Waals surface area contributed by atoms with Crippen LogP contribution in [0.25, 0.3) is 11.1 Å². The zero-order valence-electron chi connectivity index (χ0n) is 8.48. The number of aliphatic hydroxyl groups excluding tert-OH is 1. The fourth-order valence-electron chi connectivity index (χ4n) is 1.50. The van der Waals surface area contributed by atoms with Crippen LogP contribution < -0.4 is 0 Å². The molecular weight excluding hydrogens is 184 g/mol. The lowest BCUT2D eigenvalue weighted by Gasteiger charge is -2.03. The van der Waals surface area contributed by atoms with Crippen LogP contribution in [0, 0.1) is 6.92 Å². The van der Waals surface area contributed by atoms with E-state index >= 15 is 0 Å². The molecule has 2 aromatic carbocycles. The summed E-state index contributed by atoms with van der Waals surface area (Å²) in [6.07, 6.45) is 0. The van der Waals surface area contributed by atoms with E-state index in [4.69, 9.17) is 5.11 Å². The van der Waals surface area contributed by atoms with Crippen molar-refractivity contribution in [2.45, 2.75) is 6.61 Å². The Morgan fingerprint density at radius 3 is 1.73 bits per heavy atom. The summed E-state index contributed by atoms with van der Waals surface area (Å²) in [5.41, 5.74) is 4.29. The molecule has 0 spiro atoms. The van der Waals surface area contributed by atoms with Crippen molar-refractivity contribution >= 4 is 0 Å². The van der Waals surface area contributed by atoms with Gasteiger partial charge in [-0.3, -0.25) is 0 Å². The Morgan fingerprint density at radius 1 is 0.800 bits per heavy atom. The zero-order chi connectivity index (χ0) is 10.7. The first kappa shape index (κ1) is 9.94. The van der Waals surface area contributed by atoms with Gasteiger partial charge < -0.3 is 5.11 Å². The molecule has 1 heteroatoms. The van der Waals surface area contributed by atoms with E-state index in [-0.39, 0.29) is 6.61 Å². The van der Waals surface area contributed by atoms with Crippen molar-refractivity contribution in [2.24, 2.45) is 0 Å². The van der Waals surface area contributed by atoms with E-state index in [0.29, 0.717) is 0 Å². The molecule has 0 saturated heterocycles. The highest BCUT2D eigenvalue weighted by Gasteiger charge is 1.96. The molecule has 0 unspecified atom stereocenters. The van der Waals surface area contributed by atoms with Gasteiger partial charge in [0.25, 0.3) is 0 Å². The molecule has 0 saturated carbocycles. The highest BCUT2D eigenvalue weighted by Crippen LogP contribution is 2.20. The van der Waals surface area contributed by atoms with Gasteiger partial charge in [0.05, 0.1) is 6.61 Å². The molecule has 0 heterocycles. The molecule has 75 valence electrons. The Labute approximate surface area is 90.0 Å². The molecule has 0 aliphatic rings. The van der Waals surface area contributed by atoms with Crippen LogP contribution >= 0.6 is 0 Å². The van der Waals surface area contributed by atoms with Crippen molar-refractivity contribution in [2.75, 3.05) is 0 Å². The summed E-state index contributed by atoms with van der Waals surface area (Å²) >= 11 is 0. The molecule has 0 aromatic heterocycles. The molecule has 0 amide bonds. The van der Waals surface area contributed by atoms with Crippen LogP contribution in [0.2, 0.25) is 0 Å². The molecular formula is C14H13O. The van der Waals surface area contributed by atoms with Gasteiger partial charge in [0, 0.05) is 0 Å². The Morgan fingerprint density at radius 2 is 1.27 bits per heavy atom. The molecule has 0 fully saturated rings. The third kappa shape index (κ3) is 2.25. The van der Waals surface area contributed by atoms with Crippen LogP contribution in [0.15, 0.2) is 48.5 Å². The summed E-state index contributed by atoms with van der Waals surface area (Å²) in [7, 11) is 0. The summed E-state index contributed by atoms with van der Waals surface area (Å²) in [5.74, 6) is 0. The number of rotatable bonds is 2. The van der Waals surface area contributed by atoms with Gasteiger partial charge in [0.2, 0.25) is 0 Å². The third-order valence-electron chi connectivity index (χ3n) is 2.42. The summed E-state index contributed by atoms with van der Waals surface area (Å²) in [6, 6.07) is 16.0. The topological polar surface area (TPSA) is 20.2 Å². The molecule has 2 rings (SSSR count). The smallest absolute Gasteiger partial charge is 0.0681 e. The minimum Gasteiger partial charge on any atom is -0.392 e. The van der Waals surface area contributed by atoms with Crippen LogP contribution in [-0.4, -0.2) is 5.11 Å². The Hall–Kier alpha value is -1.60. The van der Waals surface area contributed by atoms with E-state index in [2.05, 4.69) is 19.1 Å². The normalized spacial score (nSPS) is 10.3. The first-order chi connectivity index (χ1) is 7.29. The lowest BCUT2D eigenvalue weighted by atomic mass is 10.0. The Balaban J connectivity index is 2.33. The van der Waals surface area contributed by atoms with Gasteiger partial charge in [-0.1, -0.05) is 48.5 Å². The van der Waals surface area contributed by atoms with E-state index < -0.39 is 0 Å². The summed E-state index contributed by atoms with van der Waals surface area (Å²) in [6.45, 7) is 3.94. The van der Waals surface area contributed by atoms with Gasteiger partial charge in [-0.15, -0.1) is 0 Å². The van der Waals surface area contributed by atoms with Crippen molar-refractivity contribution < 1.29 is 5.11 Å². The van der Waals surface area contributed by atoms with Crippen LogP contribution in [0.4, 0.5) is 0 Å². The number of hydrogen-bond donors (Lipinski definition) is 1. The standard InChI is InChI=1S/C14H13O/c1-11-2-6-13(7-3-11)14-8-4-12(10-15)5-9-14/h2-9,15H,1,10H2. The first-order valence-electron chi connectivity index (χ1n) is 4.92. The van der Waals surface area contributed by atoms with Crippen molar-refractivity contribution in [1.82, 2.24) is 0 Å². The molecule has 1 N–H and O–H groups in total. The Bertz CT molecular complexity index is 426. The minimum absolute atomic E-state index is 0.0953. The van der Waals surface area contributed by atoms with Gasteiger partial charge in [0.15, 0.2) is 0 Å². The minimum atomic E-state index is 0.0953. The molecule has 0 aliphatic carbocycles. The van der Waals surface area contributed by atoms with Gasteiger partial charge in [-0.2, -0.15) is 0 Å². The number of benzene rings is 2. The summed E-state index contributed by atoms with van der Waals surface area (Å²) in [4.78, 5) is 0. The fraction of sp³-hybridized carbons (Fsp3) is 0.0714. The lowest BCUT2D eigenvalue weighted by Crippen LogP contribution is -1.83. The predicted octanol–water partition coefficient (Wildman–Crippen LogP) is 3.03. The highest BCUT2D eigenvalue weighted by molar-refractivity contribution is 5.64. The summed E-state index contributed by atoms with van der Waals surface area (Å²) in [5, 5.41) is 8.93. The maximum atomic E-state index is 8.93. The van der Waals surface area contributed by atoms with Gasteiger partial charge >= 0.3 is 0 Å². The monoisotopic (exact) mass is 197 g/mol. The second kappa shape index (κ2) is 4.28. The van der Waals surface area contributed by atoms with Crippen molar-refractivity contribution in [3.05, 3.63) is 66.6 Å². The van der Waals surface area contributed by atoms with E-state index in [1.165, 1.54) is 5.56 Å². The number of aliphatic hydroxyl groups is 1. The lowest BCUT2D eigenvalue weighted by molar-refractivity contribution is 0.282. The van der Waals surface area contributed by atoms with Gasteiger partial charge in [-0.05, 0) is 29.2 Å². The maximum absolute atomic E-state index is 8.93. The fourth-order valence-corrected chi connectivity index (χ4v) is 1.50. The van der Waals surface area contributed by atoms with Gasteiger partial charge in [-0.25, -0.2) is 0 Å². The zero-order valence-corrected chi connectivity index (χ0v) is 8.48. The van der Waals surface area contributed by atoms with Crippen molar-refractivity contribution in [3.8, 4) is 11.1 Å². The van der Waals surface area contributed by atoms with Crippen molar-refractivity contribution in [3.63, 3.8) is 0 Å². The Kier molecular flexibility index (Phi) is 2.84. The van der Waals surface area contributed by atoms with E-state index in [1.807, 2.05) is 36.4 Å². The second-order valence-corrected chi connectivity index (χ2v) is 3.55. The SMILES string of the molecule is [CH2]c1ccc(-c2ccc(CO)cc2)cc1. The quantitative estimate of drug-likeness (QED) is 0.784. The van der Waals surface area contributed by atoms with E-state index in [9.17, 15) is 0 Å². The molecule has 1 nitrogen and oxygen atoms in total. The highest BCUT2D eigenvalue weighted by atomic mass is 16.3. The van der Waals surface area contributed by atoms with Crippen LogP contribution in [0.3, 0.4) is 0 Å². The van der Waals surface area contributed by atoms with Crippen molar-refractivity contribution in [1.29, 1.82) is 0 Å². The molecule has 2 aromatic rings. The van der Waals surface area contributed by atoms with E-state index in [1.54, 1.807) is 0 Å². The number of hydrogen-bond acceptors (Lipinski definition) is 1. The second-order valence-electron chi connectivity index (χ2n) is 3.55. The molecule has 0 aliphatic heterocycles. The molecule has 1 radical (unpaired) electrons. The summed E-state index contributed by atoms with van der Waals surface area (Å²) < 4.78 is 0. The molecule has 0 atom stereocenters. The third-order valence-corrected chi connectivity index (χ3v) is 2.42.